The van der Waals surface area contributed by atoms with E-state index in [1.807, 2.05) is 45.3 Å². The highest BCUT2D eigenvalue weighted by Gasteiger charge is 2.09. The zero-order chi connectivity index (χ0) is 21.5. The van der Waals surface area contributed by atoms with Gasteiger partial charge >= 0.3 is 0 Å². The molecule has 2 aromatic carbocycles. The van der Waals surface area contributed by atoms with E-state index < -0.39 is 0 Å². The number of benzene rings is 2. The summed E-state index contributed by atoms with van der Waals surface area (Å²) in [6.45, 7) is 6.07. The molecule has 0 unspecified atom stereocenters. The minimum Gasteiger partial charge on any atom is -0.489 e. The third kappa shape index (κ3) is 8.52. The van der Waals surface area contributed by atoms with Crippen molar-refractivity contribution in [1.82, 2.24) is 5.43 Å². The Morgan fingerprint density at radius 1 is 1.14 bits per heavy atom. The maximum atomic E-state index is 8.94. The molecule has 0 heterocycles. The summed E-state index contributed by atoms with van der Waals surface area (Å²) in [5.41, 5.74) is 7.21. The molecule has 0 bridgehead atoms. The minimum absolute atomic E-state index is 0.403. The fraction of sp³-hybridized carbons (Fsp3) is 0.300. The van der Waals surface area contributed by atoms with E-state index in [1.165, 1.54) is 12.5 Å². The topological polar surface area (TPSA) is 123 Å². The molecule has 2 rings (SSSR count). The average Bonchev–Trinajstić information content (AvgIpc) is 2.68. The van der Waals surface area contributed by atoms with E-state index in [4.69, 9.17) is 20.2 Å². The number of hydrazine groups is 2. The number of nitrogens with two attached hydrogens (primary N) is 2. The zero-order valence-corrected chi connectivity index (χ0v) is 17.2. The molecular weight excluding hydrogens is 358 g/mol. The fourth-order valence-electron chi connectivity index (χ4n) is 2.32. The molecule has 8 heteroatoms. The number of nitrogens with one attached hydrogen (secondary N) is 2. The van der Waals surface area contributed by atoms with Crippen LogP contribution in [0.4, 0.5) is 11.4 Å². The van der Waals surface area contributed by atoms with Crippen molar-refractivity contribution in [2.24, 2.45) is 11.7 Å². The summed E-state index contributed by atoms with van der Waals surface area (Å²) < 4.78 is 5.98. The van der Waals surface area contributed by atoms with Crippen LogP contribution in [-0.2, 0) is 16.2 Å². The van der Waals surface area contributed by atoms with Gasteiger partial charge in [0.15, 0.2) is 0 Å². The normalized spacial score (nSPS) is 8.96. The Morgan fingerprint density at radius 3 is 2.21 bits per heavy atom. The van der Waals surface area contributed by atoms with Gasteiger partial charge in [-0.1, -0.05) is 12.1 Å². The van der Waals surface area contributed by atoms with Gasteiger partial charge in [-0.2, -0.15) is 0 Å². The molecule has 1 amide bonds. The summed E-state index contributed by atoms with van der Waals surface area (Å²) in [4.78, 5) is 17.7. The van der Waals surface area contributed by atoms with E-state index in [9.17, 15) is 0 Å². The molecule has 0 aliphatic heterocycles. The molecule has 0 radical (unpaired) electrons. The van der Waals surface area contributed by atoms with Crippen LogP contribution in [0.1, 0.15) is 23.6 Å². The first-order valence-corrected chi connectivity index (χ1v) is 8.63. The van der Waals surface area contributed by atoms with Gasteiger partial charge in [0.25, 0.3) is 0 Å². The third-order valence-electron chi connectivity index (χ3n) is 3.67. The van der Waals surface area contributed by atoms with Crippen molar-refractivity contribution < 1.29 is 14.3 Å². The molecular formula is C20H31N5O3. The van der Waals surface area contributed by atoms with Crippen molar-refractivity contribution >= 4 is 24.1 Å². The largest absolute Gasteiger partial charge is 0.489 e. The molecule has 0 aliphatic rings. The summed E-state index contributed by atoms with van der Waals surface area (Å²) in [7, 11) is 3.75. The summed E-state index contributed by atoms with van der Waals surface area (Å²) in [5, 5.41) is 4.75. The molecule has 28 heavy (non-hydrogen) atoms. The van der Waals surface area contributed by atoms with Gasteiger partial charge in [0, 0.05) is 25.3 Å². The van der Waals surface area contributed by atoms with Crippen LogP contribution in [0.5, 0.6) is 5.75 Å². The first-order chi connectivity index (χ1) is 13.4. The van der Waals surface area contributed by atoms with E-state index in [-0.39, 0.29) is 0 Å². The molecule has 0 aromatic heterocycles. The Morgan fingerprint density at radius 2 is 1.75 bits per heavy atom. The lowest BCUT2D eigenvalue weighted by molar-refractivity contribution is -0.109. The average molecular weight is 390 g/mol. The predicted molar refractivity (Wildman–Crippen MR) is 114 cm³/mol. The molecule has 8 nitrogen and oxygen atoms in total. The Balaban J connectivity index is 0.000000904. The Hall–Kier alpha value is -3.10. The lowest BCUT2D eigenvalue weighted by Crippen LogP contribution is -2.26. The van der Waals surface area contributed by atoms with Crippen LogP contribution in [0.2, 0.25) is 0 Å². The highest BCUT2D eigenvalue weighted by atomic mass is 16.5. The molecule has 0 saturated heterocycles. The van der Waals surface area contributed by atoms with Gasteiger partial charge in [-0.15, -0.1) is 0 Å². The van der Waals surface area contributed by atoms with Gasteiger partial charge in [0.2, 0.25) is 6.41 Å². The van der Waals surface area contributed by atoms with Crippen LogP contribution in [0, 0.1) is 13.8 Å². The van der Waals surface area contributed by atoms with Crippen LogP contribution in [-0.4, -0.2) is 26.8 Å². The first-order valence-electron chi connectivity index (χ1n) is 8.63. The number of hydrogen-bond donors (Lipinski definition) is 4. The minimum atomic E-state index is 0.403. The number of rotatable bonds is 6. The van der Waals surface area contributed by atoms with Crippen molar-refractivity contribution in [2.45, 2.75) is 27.4 Å². The number of amides is 1. The zero-order valence-electron chi connectivity index (χ0n) is 17.2. The highest BCUT2D eigenvalue weighted by Crippen LogP contribution is 2.26. The Labute approximate surface area is 166 Å². The van der Waals surface area contributed by atoms with Crippen molar-refractivity contribution in [2.75, 3.05) is 24.4 Å². The second kappa shape index (κ2) is 14.0. The Bertz CT molecular complexity index is 736. The van der Waals surface area contributed by atoms with Gasteiger partial charge < -0.3 is 19.9 Å². The third-order valence-corrected chi connectivity index (χ3v) is 3.67. The number of ether oxygens (including phenoxy) is 1. The van der Waals surface area contributed by atoms with Crippen LogP contribution in [0.3, 0.4) is 0 Å². The standard InChI is InChI=1S/C17H23N3O.C2H4O.CH4N2O/c1-12-6-5-7-16(20(4)18)15(12)11-21-17-9-8-14(19-3)10-13(17)2;1-2-3;2-3-1-4/h5-10,19H,11,18H2,1-4H3;2H,1H3;1H,2H2,(H,3,4). The maximum Gasteiger partial charge on any atom is 0.221 e. The van der Waals surface area contributed by atoms with Crippen molar-refractivity contribution in [3.8, 4) is 5.75 Å². The molecule has 0 spiro atoms. The van der Waals surface area contributed by atoms with Crippen LogP contribution in [0.25, 0.3) is 0 Å². The van der Waals surface area contributed by atoms with E-state index >= 15 is 0 Å². The summed E-state index contributed by atoms with van der Waals surface area (Å²) in [6, 6.07) is 12.2. The second-order valence-corrected chi connectivity index (χ2v) is 5.72. The second-order valence-electron chi connectivity index (χ2n) is 5.72. The molecule has 2 aromatic rings. The Kier molecular flexibility index (Phi) is 12.5. The van der Waals surface area contributed by atoms with Crippen LogP contribution >= 0.6 is 0 Å². The van der Waals surface area contributed by atoms with Crippen molar-refractivity contribution in [3.05, 3.63) is 53.1 Å². The van der Waals surface area contributed by atoms with Crippen LogP contribution < -0.4 is 32.2 Å². The smallest absolute Gasteiger partial charge is 0.221 e. The van der Waals surface area contributed by atoms with Crippen molar-refractivity contribution in [1.29, 1.82) is 0 Å². The van der Waals surface area contributed by atoms with E-state index in [0.717, 1.165) is 34.5 Å². The number of hydrogen-bond acceptors (Lipinski definition) is 7. The lowest BCUT2D eigenvalue weighted by atomic mass is 10.1. The van der Waals surface area contributed by atoms with Crippen molar-refractivity contribution in [3.63, 3.8) is 0 Å². The van der Waals surface area contributed by atoms with E-state index in [2.05, 4.69) is 30.2 Å². The molecule has 154 valence electrons. The number of carbonyl (C=O) groups is 2. The van der Waals surface area contributed by atoms with Gasteiger partial charge in [0.05, 0.1) is 5.69 Å². The van der Waals surface area contributed by atoms with Crippen LogP contribution in [0.15, 0.2) is 36.4 Å². The number of aldehydes is 1. The maximum absolute atomic E-state index is 8.94. The van der Waals surface area contributed by atoms with Gasteiger partial charge in [-0.25, -0.2) is 11.7 Å². The van der Waals surface area contributed by atoms with Gasteiger partial charge in [-0.05, 0) is 56.2 Å². The molecule has 0 fully saturated rings. The van der Waals surface area contributed by atoms with Gasteiger partial charge in [0.1, 0.15) is 18.6 Å². The molecule has 0 atom stereocenters. The summed E-state index contributed by atoms with van der Waals surface area (Å²) in [5.74, 6) is 11.2. The number of aryl methyl sites for hydroxylation is 2. The first kappa shape index (κ1) is 24.9. The fourth-order valence-corrected chi connectivity index (χ4v) is 2.32. The SMILES string of the molecule is CC=O.CNc1ccc(OCc2c(C)cccc2N(C)N)c(C)c1.NNC=O. The molecule has 0 saturated carbocycles. The number of anilines is 2. The quantitative estimate of drug-likeness (QED) is 0.258. The molecule has 0 aliphatic carbocycles. The van der Waals surface area contributed by atoms with E-state index in [0.29, 0.717) is 13.0 Å². The highest BCUT2D eigenvalue weighted by molar-refractivity contribution is 5.55. The number of nitrogens with zero attached hydrogens (tertiary/aromatic N) is 1. The molecule has 6 N–H and O–H groups in total. The number of carbonyl (C=O) groups excluding carboxylic acids is 2. The van der Waals surface area contributed by atoms with Gasteiger partial charge in [-0.3, -0.25) is 10.2 Å². The van der Waals surface area contributed by atoms with E-state index in [1.54, 1.807) is 10.4 Å². The monoisotopic (exact) mass is 389 g/mol. The predicted octanol–water partition coefficient (Wildman–Crippen LogP) is 2.05. The summed E-state index contributed by atoms with van der Waals surface area (Å²) in [6.07, 6.45) is 1.15. The summed E-state index contributed by atoms with van der Waals surface area (Å²) >= 11 is 0. The lowest BCUT2D eigenvalue weighted by Gasteiger charge is -2.19.